The van der Waals surface area contributed by atoms with E-state index in [4.69, 9.17) is 0 Å². The van der Waals surface area contributed by atoms with Crippen LogP contribution in [0.2, 0.25) is 0 Å². The van der Waals surface area contributed by atoms with E-state index in [1.54, 1.807) is 24.4 Å². The Morgan fingerprint density at radius 3 is 2.33 bits per heavy atom. The highest BCUT2D eigenvalue weighted by Crippen LogP contribution is 2.19. The van der Waals surface area contributed by atoms with Gasteiger partial charge in [-0.15, -0.1) is 0 Å². The molecule has 0 unspecified atom stereocenters. The Hall–Kier alpha value is -3.21. The van der Waals surface area contributed by atoms with Crippen LogP contribution < -0.4 is 10.9 Å². The van der Waals surface area contributed by atoms with E-state index in [1.165, 1.54) is 10.7 Å². The second-order valence-electron chi connectivity index (χ2n) is 5.28. The number of carbonyl (C=O) groups is 1. The average molecular weight is 319 g/mol. The van der Waals surface area contributed by atoms with Gasteiger partial charge in [0, 0.05) is 24.4 Å². The number of aromatic nitrogens is 2. The zero-order valence-corrected chi connectivity index (χ0v) is 13.1. The van der Waals surface area contributed by atoms with Crippen LogP contribution >= 0.6 is 0 Å². The molecule has 120 valence electrons. The van der Waals surface area contributed by atoms with E-state index in [1.807, 2.05) is 42.5 Å². The molecule has 0 radical (unpaired) electrons. The second-order valence-corrected chi connectivity index (χ2v) is 5.28. The van der Waals surface area contributed by atoms with Gasteiger partial charge >= 0.3 is 0 Å². The highest BCUT2D eigenvalue weighted by Gasteiger charge is 2.06. The van der Waals surface area contributed by atoms with E-state index in [0.717, 1.165) is 11.1 Å². The van der Waals surface area contributed by atoms with Gasteiger partial charge in [0.05, 0.1) is 6.54 Å². The molecule has 0 spiro atoms. The van der Waals surface area contributed by atoms with Crippen LogP contribution in [0.4, 0.5) is 0 Å². The molecule has 0 fully saturated rings. The molecule has 1 amide bonds. The molecule has 3 aromatic rings. The lowest BCUT2D eigenvalue weighted by molar-refractivity contribution is 0.0951. The van der Waals surface area contributed by atoms with Gasteiger partial charge < -0.3 is 5.32 Å². The first kappa shape index (κ1) is 15.7. The van der Waals surface area contributed by atoms with Crippen LogP contribution in [0.1, 0.15) is 10.4 Å². The number of benzene rings is 2. The van der Waals surface area contributed by atoms with Crippen LogP contribution in [-0.2, 0) is 6.54 Å². The minimum atomic E-state index is -0.182. The largest absolute Gasteiger partial charge is 0.350 e. The molecule has 0 aliphatic heterocycles. The molecule has 3 rings (SSSR count). The minimum absolute atomic E-state index is 0.168. The minimum Gasteiger partial charge on any atom is -0.350 e. The zero-order valence-electron chi connectivity index (χ0n) is 13.1. The first-order chi connectivity index (χ1) is 11.7. The fraction of sp³-hybridized carbons (Fsp3) is 0.105. The number of rotatable bonds is 5. The lowest BCUT2D eigenvalue weighted by Gasteiger charge is -2.07. The van der Waals surface area contributed by atoms with E-state index < -0.39 is 0 Å². The predicted octanol–water partition coefficient (Wildman–Crippen LogP) is 2.34. The summed E-state index contributed by atoms with van der Waals surface area (Å²) in [6, 6.07) is 20.5. The van der Waals surface area contributed by atoms with Crippen molar-refractivity contribution in [1.29, 1.82) is 0 Å². The lowest BCUT2D eigenvalue weighted by atomic mass is 10.0. The van der Waals surface area contributed by atoms with E-state index in [0.29, 0.717) is 18.7 Å². The molecule has 0 aliphatic rings. The first-order valence-electron chi connectivity index (χ1n) is 7.70. The molecule has 0 atom stereocenters. The normalized spacial score (nSPS) is 10.3. The molecule has 5 nitrogen and oxygen atoms in total. The van der Waals surface area contributed by atoms with Crippen LogP contribution in [0.5, 0.6) is 0 Å². The van der Waals surface area contributed by atoms with Gasteiger partial charge in [-0.05, 0) is 29.3 Å². The van der Waals surface area contributed by atoms with Gasteiger partial charge in [0.15, 0.2) is 0 Å². The Balaban J connectivity index is 1.59. The Morgan fingerprint density at radius 1 is 0.917 bits per heavy atom. The number of hydrogen-bond acceptors (Lipinski definition) is 3. The van der Waals surface area contributed by atoms with Crippen molar-refractivity contribution < 1.29 is 4.79 Å². The van der Waals surface area contributed by atoms with Crippen molar-refractivity contribution in [3.8, 4) is 11.1 Å². The summed E-state index contributed by atoms with van der Waals surface area (Å²) in [7, 11) is 0. The smallest absolute Gasteiger partial charge is 0.266 e. The average Bonchev–Trinajstić information content (AvgIpc) is 2.64. The molecule has 2 aromatic carbocycles. The summed E-state index contributed by atoms with van der Waals surface area (Å²) in [6.45, 7) is 0.684. The topological polar surface area (TPSA) is 64.0 Å². The van der Waals surface area contributed by atoms with E-state index in [9.17, 15) is 9.59 Å². The molecule has 0 saturated carbocycles. The van der Waals surface area contributed by atoms with Gasteiger partial charge in [-0.2, -0.15) is 5.10 Å². The quantitative estimate of drug-likeness (QED) is 0.785. The van der Waals surface area contributed by atoms with Crippen LogP contribution in [0.3, 0.4) is 0 Å². The summed E-state index contributed by atoms with van der Waals surface area (Å²) in [5.74, 6) is -0.168. The van der Waals surface area contributed by atoms with Gasteiger partial charge in [0.1, 0.15) is 0 Å². The summed E-state index contributed by atoms with van der Waals surface area (Å²) in [6.07, 6.45) is 1.55. The number of hydrogen-bond donors (Lipinski definition) is 1. The number of carbonyl (C=O) groups excluding carboxylic acids is 1. The van der Waals surface area contributed by atoms with Gasteiger partial charge in [0.25, 0.3) is 11.5 Å². The maximum atomic E-state index is 12.1. The Labute approximate surface area is 139 Å². The van der Waals surface area contributed by atoms with E-state index in [-0.39, 0.29) is 11.5 Å². The van der Waals surface area contributed by atoms with E-state index in [2.05, 4.69) is 10.4 Å². The van der Waals surface area contributed by atoms with Crippen LogP contribution in [-0.4, -0.2) is 22.2 Å². The molecule has 1 heterocycles. The van der Waals surface area contributed by atoms with Gasteiger partial charge in [0.2, 0.25) is 0 Å². The summed E-state index contributed by atoms with van der Waals surface area (Å²) in [4.78, 5) is 23.7. The van der Waals surface area contributed by atoms with Gasteiger partial charge in [-0.1, -0.05) is 42.5 Å². The fourth-order valence-corrected chi connectivity index (χ4v) is 2.38. The van der Waals surface area contributed by atoms with Crippen molar-refractivity contribution in [1.82, 2.24) is 15.1 Å². The van der Waals surface area contributed by atoms with Crippen LogP contribution in [0, 0.1) is 0 Å². The highest BCUT2D eigenvalue weighted by molar-refractivity contribution is 5.94. The second kappa shape index (κ2) is 7.37. The highest BCUT2D eigenvalue weighted by atomic mass is 16.1. The van der Waals surface area contributed by atoms with E-state index >= 15 is 0 Å². The maximum absolute atomic E-state index is 12.1. The van der Waals surface area contributed by atoms with Crippen molar-refractivity contribution in [3.05, 3.63) is 88.8 Å². The van der Waals surface area contributed by atoms with Crippen LogP contribution in [0.15, 0.2) is 77.7 Å². The molecule has 0 saturated heterocycles. The number of nitrogens with one attached hydrogen (secondary N) is 1. The Morgan fingerprint density at radius 2 is 1.62 bits per heavy atom. The maximum Gasteiger partial charge on any atom is 0.266 e. The molecule has 24 heavy (non-hydrogen) atoms. The first-order valence-corrected chi connectivity index (χ1v) is 7.70. The number of nitrogens with zero attached hydrogens (tertiary/aromatic N) is 2. The van der Waals surface area contributed by atoms with Crippen molar-refractivity contribution >= 4 is 5.91 Å². The van der Waals surface area contributed by atoms with Crippen molar-refractivity contribution in [2.45, 2.75) is 6.54 Å². The van der Waals surface area contributed by atoms with Crippen molar-refractivity contribution in [3.63, 3.8) is 0 Å². The Bertz CT molecular complexity index is 871. The summed E-state index contributed by atoms with van der Waals surface area (Å²) < 4.78 is 1.32. The van der Waals surface area contributed by atoms with Crippen LogP contribution in [0.25, 0.3) is 11.1 Å². The molecule has 0 aliphatic carbocycles. The molecule has 1 N–H and O–H groups in total. The monoisotopic (exact) mass is 319 g/mol. The van der Waals surface area contributed by atoms with Gasteiger partial charge in [-0.25, -0.2) is 4.68 Å². The third kappa shape index (κ3) is 3.76. The molecule has 0 bridgehead atoms. The molecular formula is C19H17N3O2. The standard InChI is InChI=1S/C19H17N3O2/c23-18-7-4-12-21-22(18)14-13-20-19(24)17-10-8-16(9-11-17)15-5-2-1-3-6-15/h1-12H,13-14H2,(H,20,24). The Kier molecular flexibility index (Phi) is 4.81. The third-order valence-electron chi connectivity index (χ3n) is 3.65. The van der Waals surface area contributed by atoms with Gasteiger partial charge in [-0.3, -0.25) is 9.59 Å². The third-order valence-corrected chi connectivity index (χ3v) is 3.65. The lowest BCUT2D eigenvalue weighted by Crippen LogP contribution is -2.31. The SMILES string of the molecule is O=C(NCCn1ncccc1=O)c1ccc(-c2ccccc2)cc1. The fourth-order valence-electron chi connectivity index (χ4n) is 2.38. The predicted molar refractivity (Wildman–Crippen MR) is 92.7 cm³/mol. The summed E-state index contributed by atoms with van der Waals surface area (Å²) in [5, 5.41) is 6.74. The van der Waals surface area contributed by atoms with Crippen molar-refractivity contribution in [2.75, 3.05) is 6.54 Å². The van der Waals surface area contributed by atoms with Crippen molar-refractivity contribution in [2.24, 2.45) is 0 Å². The molecule has 1 aromatic heterocycles. The summed E-state index contributed by atoms with van der Waals surface area (Å²) in [5.41, 5.74) is 2.58. The molecular weight excluding hydrogens is 302 g/mol. The zero-order chi connectivity index (χ0) is 16.8. The number of amides is 1. The summed E-state index contributed by atoms with van der Waals surface area (Å²) >= 11 is 0. The molecule has 5 heteroatoms.